The number of rotatable bonds is 5. The largest absolute Gasteiger partial charge is 0.481 e. The number of piperidine rings is 1. The minimum absolute atomic E-state index is 0.0321. The highest BCUT2D eigenvalue weighted by atomic mass is 32.2. The van der Waals surface area contributed by atoms with Gasteiger partial charge in [-0.15, -0.1) is 10.2 Å². The van der Waals surface area contributed by atoms with Gasteiger partial charge in [-0.1, -0.05) is 18.7 Å². The summed E-state index contributed by atoms with van der Waals surface area (Å²) in [6.07, 6.45) is 3.09. The van der Waals surface area contributed by atoms with Crippen molar-refractivity contribution in [3.8, 4) is 0 Å². The Bertz CT molecular complexity index is 449. The zero-order valence-corrected chi connectivity index (χ0v) is 12.2. The summed E-state index contributed by atoms with van der Waals surface area (Å²) in [7, 11) is 2.12. The van der Waals surface area contributed by atoms with Crippen molar-refractivity contribution in [2.45, 2.75) is 37.4 Å². The van der Waals surface area contributed by atoms with Crippen LogP contribution in [-0.2, 0) is 11.2 Å². The van der Waals surface area contributed by atoms with E-state index in [0.717, 1.165) is 43.3 Å². The molecule has 1 fully saturated rings. The van der Waals surface area contributed by atoms with Crippen LogP contribution in [0.5, 0.6) is 0 Å². The fraction of sp³-hybridized carbons (Fsp3) is 0.750. The Hall–Kier alpha value is -1.08. The summed E-state index contributed by atoms with van der Waals surface area (Å²) in [5.41, 5.74) is 0. The van der Waals surface area contributed by atoms with Crippen LogP contribution in [0.3, 0.4) is 0 Å². The van der Waals surface area contributed by atoms with E-state index in [4.69, 9.17) is 5.11 Å². The number of carboxylic acids is 1. The summed E-state index contributed by atoms with van der Waals surface area (Å²) in [5.74, 6) is 0.163. The average molecular weight is 284 g/mol. The maximum absolute atomic E-state index is 10.7. The van der Waals surface area contributed by atoms with Crippen LogP contribution in [0.1, 0.15) is 31.6 Å². The molecule has 1 N–H and O–H groups in total. The molecule has 6 nitrogen and oxygen atoms in total. The second-order valence-corrected chi connectivity index (χ2v) is 5.81. The molecule has 0 bridgehead atoms. The summed E-state index contributed by atoms with van der Waals surface area (Å²) in [6, 6.07) is 0.361. The molecular weight excluding hydrogens is 264 g/mol. The molecule has 0 aromatic carbocycles. The van der Waals surface area contributed by atoms with Gasteiger partial charge in [0, 0.05) is 13.0 Å². The number of hydrogen-bond acceptors (Lipinski definition) is 5. The van der Waals surface area contributed by atoms with E-state index < -0.39 is 5.97 Å². The lowest BCUT2D eigenvalue weighted by Gasteiger charge is -2.31. The Morgan fingerprint density at radius 3 is 2.95 bits per heavy atom. The number of nitrogens with zero attached hydrogens (tertiary/aromatic N) is 4. The van der Waals surface area contributed by atoms with Gasteiger partial charge in [0.15, 0.2) is 5.16 Å². The molecule has 1 aromatic heterocycles. The molecular formula is C12H20N4O2S. The standard InChI is InChI=1S/C12H20N4O2S/c1-3-10-13-14-12(19-8-11(17)18)16(10)9-5-4-6-15(2)7-9/h9H,3-8H2,1-2H3,(H,17,18). The van der Waals surface area contributed by atoms with Crippen LogP contribution in [0.25, 0.3) is 0 Å². The van der Waals surface area contributed by atoms with E-state index in [0.29, 0.717) is 6.04 Å². The third-order valence-electron chi connectivity index (χ3n) is 3.34. The van der Waals surface area contributed by atoms with E-state index >= 15 is 0 Å². The average Bonchev–Trinajstić information content (AvgIpc) is 2.79. The molecule has 2 rings (SSSR count). The molecule has 1 unspecified atom stereocenters. The normalized spacial score (nSPS) is 20.6. The number of thioether (sulfide) groups is 1. The van der Waals surface area contributed by atoms with Crippen LogP contribution in [0.15, 0.2) is 5.16 Å². The predicted molar refractivity (Wildman–Crippen MR) is 73.5 cm³/mol. The second-order valence-electron chi connectivity index (χ2n) is 4.86. The van der Waals surface area contributed by atoms with Crippen molar-refractivity contribution in [3.63, 3.8) is 0 Å². The van der Waals surface area contributed by atoms with E-state index in [9.17, 15) is 4.79 Å². The third kappa shape index (κ3) is 3.48. The van der Waals surface area contributed by atoms with Gasteiger partial charge in [0.05, 0.1) is 11.8 Å². The molecule has 1 atom stereocenters. The van der Waals surface area contributed by atoms with Crippen LogP contribution >= 0.6 is 11.8 Å². The lowest BCUT2D eigenvalue weighted by atomic mass is 10.1. The lowest BCUT2D eigenvalue weighted by molar-refractivity contribution is -0.133. The lowest BCUT2D eigenvalue weighted by Crippen LogP contribution is -2.34. The number of carboxylic acid groups (broad SMARTS) is 1. The number of aromatic nitrogens is 3. The third-order valence-corrected chi connectivity index (χ3v) is 4.27. The maximum Gasteiger partial charge on any atom is 0.313 e. The van der Waals surface area contributed by atoms with Crippen molar-refractivity contribution >= 4 is 17.7 Å². The summed E-state index contributed by atoms with van der Waals surface area (Å²) < 4.78 is 2.14. The van der Waals surface area contributed by atoms with Crippen molar-refractivity contribution < 1.29 is 9.90 Å². The van der Waals surface area contributed by atoms with Gasteiger partial charge >= 0.3 is 5.97 Å². The summed E-state index contributed by atoms with van der Waals surface area (Å²) in [5, 5.41) is 17.9. The van der Waals surface area contributed by atoms with Crippen LogP contribution in [0.4, 0.5) is 0 Å². The summed E-state index contributed by atoms with van der Waals surface area (Å²) >= 11 is 1.26. The number of likely N-dealkylation sites (tertiary alicyclic amines) is 1. The highest BCUT2D eigenvalue weighted by molar-refractivity contribution is 7.99. The zero-order valence-electron chi connectivity index (χ0n) is 11.4. The van der Waals surface area contributed by atoms with Gasteiger partial charge in [0.25, 0.3) is 0 Å². The molecule has 1 saturated heterocycles. The van der Waals surface area contributed by atoms with Crippen molar-refractivity contribution in [2.75, 3.05) is 25.9 Å². The topological polar surface area (TPSA) is 71.2 Å². The molecule has 19 heavy (non-hydrogen) atoms. The fourth-order valence-corrected chi connectivity index (χ4v) is 3.23. The SMILES string of the molecule is CCc1nnc(SCC(=O)O)n1C1CCCN(C)C1. The van der Waals surface area contributed by atoms with Crippen LogP contribution in [0.2, 0.25) is 0 Å². The Balaban J connectivity index is 2.20. The van der Waals surface area contributed by atoms with Gasteiger partial charge in [0.2, 0.25) is 0 Å². The maximum atomic E-state index is 10.7. The number of aliphatic carboxylic acids is 1. The molecule has 0 spiro atoms. The van der Waals surface area contributed by atoms with Gasteiger partial charge in [-0.3, -0.25) is 4.79 Å². The Labute approximate surface area is 117 Å². The van der Waals surface area contributed by atoms with Gasteiger partial charge < -0.3 is 14.6 Å². The molecule has 2 heterocycles. The van der Waals surface area contributed by atoms with Gasteiger partial charge in [-0.05, 0) is 26.4 Å². The van der Waals surface area contributed by atoms with E-state index in [2.05, 4.69) is 33.6 Å². The molecule has 0 saturated carbocycles. The van der Waals surface area contributed by atoms with E-state index in [1.54, 1.807) is 0 Å². The Morgan fingerprint density at radius 1 is 1.53 bits per heavy atom. The first-order chi connectivity index (χ1) is 9.11. The van der Waals surface area contributed by atoms with Gasteiger partial charge in [0.1, 0.15) is 5.82 Å². The van der Waals surface area contributed by atoms with Crippen LogP contribution in [-0.4, -0.2) is 56.6 Å². The quantitative estimate of drug-likeness (QED) is 0.821. The summed E-state index contributed by atoms with van der Waals surface area (Å²) in [4.78, 5) is 13.0. The first kappa shape index (κ1) is 14.3. The summed E-state index contributed by atoms with van der Waals surface area (Å²) in [6.45, 7) is 4.15. The first-order valence-corrected chi connectivity index (χ1v) is 7.57. The monoisotopic (exact) mass is 284 g/mol. The van der Waals surface area contributed by atoms with Crippen molar-refractivity contribution in [3.05, 3.63) is 5.82 Å². The number of carbonyl (C=O) groups is 1. The molecule has 0 radical (unpaired) electrons. The Kier molecular flexibility index (Phi) is 4.81. The molecule has 1 aliphatic rings. The van der Waals surface area contributed by atoms with Gasteiger partial charge in [-0.25, -0.2) is 0 Å². The molecule has 7 heteroatoms. The van der Waals surface area contributed by atoms with E-state index in [1.165, 1.54) is 11.8 Å². The van der Waals surface area contributed by atoms with Crippen molar-refractivity contribution in [1.29, 1.82) is 0 Å². The minimum atomic E-state index is -0.821. The van der Waals surface area contributed by atoms with Crippen molar-refractivity contribution in [2.24, 2.45) is 0 Å². The number of likely N-dealkylation sites (N-methyl/N-ethyl adjacent to an activating group) is 1. The highest BCUT2D eigenvalue weighted by Gasteiger charge is 2.24. The zero-order chi connectivity index (χ0) is 13.8. The van der Waals surface area contributed by atoms with E-state index in [-0.39, 0.29) is 5.75 Å². The molecule has 0 amide bonds. The smallest absolute Gasteiger partial charge is 0.313 e. The molecule has 1 aliphatic heterocycles. The predicted octanol–water partition coefficient (Wildman–Crippen LogP) is 1.28. The molecule has 106 valence electrons. The highest BCUT2D eigenvalue weighted by Crippen LogP contribution is 2.27. The van der Waals surface area contributed by atoms with Crippen molar-refractivity contribution in [1.82, 2.24) is 19.7 Å². The van der Waals surface area contributed by atoms with Gasteiger partial charge in [-0.2, -0.15) is 0 Å². The second kappa shape index (κ2) is 6.38. The number of aryl methyl sites for hydroxylation is 1. The van der Waals surface area contributed by atoms with E-state index in [1.807, 2.05) is 0 Å². The number of hydrogen-bond donors (Lipinski definition) is 1. The first-order valence-electron chi connectivity index (χ1n) is 6.58. The molecule has 1 aromatic rings. The minimum Gasteiger partial charge on any atom is -0.481 e. The molecule has 0 aliphatic carbocycles. The fourth-order valence-electron chi connectivity index (χ4n) is 2.49. The Morgan fingerprint density at radius 2 is 2.32 bits per heavy atom. The van der Waals surface area contributed by atoms with Crippen LogP contribution in [0, 0.1) is 0 Å². The van der Waals surface area contributed by atoms with Crippen LogP contribution < -0.4 is 0 Å².